The largest absolute Gasteiger partial charge is 0.486 e. The number of amides is 1. The van der Waals surface area contributed by atoms with Gasteiger partial charge in [-0.25, -0.2) is 4.98 Å². The number of hydrogen-bond acceptors (Lipinski definition) is 6. The molecule has 2 aromatic carbocycles. The average molecular weight is 399 g/mol. The molecule has 1 aromatic heterocycles. The molecule has 1 aliphatic heterocycles. The van der Waals surface area contributed by atoms with Gasteiger partial charge in [0.15, 0.2) is 15.8 Å². The SMILES string of the molecule is O=C(CSc1nc(-c2ccccc2)cs1)NC[C@@H]1COc2ccccc2O1. The third-order valence-electron chi connectivity index (χ3n) is 3.97. The Balaban J connectivity index is 1.23. The van der Waals surface area contributed by atoms with Gasteiger partial charge in [0.1, 0.15) is 12.7 Å². The summed E-state index contributed by atoms with van der Waals surface area (Å²) in [4.78, 5) is 16.7. The van der Waals surface area contributed by atoms with Gasteiger partial charge in [-0.1, -0.05) is 54.2 Å². The van der Waals surface area contributed by atoms with Gasteiger partial charge >= 0.3 is 0 Å². The number of nitrogens with one attached hydrogen (secondary N) is 1. The van der Waals surface area contributed by atoms with Crippen LogP contribution >= 0.6 is 23.1 Å². The van der Waals surface area contributed by atoms with Gasteiger partial charge in [-0.05, 0) is 12.1 Å². The van der Waals surface area contributed by atoms with Crippen molar-refractivity contribution in [3.8, 4) is 22.8 Å². The first-order valence-corrected chi connectivity index (χ1v) is 10.4. The lowest BCUT2D eigenvalue weighted by molar-refractivity contribution is -0.119. The zero-order chi connectivity index (χ0) is 18.5. The number of benzene rings is 2. The molecule has 0 radical (unpaired) electrons. The van der Waals surface area contributed by atoms with Crippen LogP contribution in [0.2, 0.25) is 0 Å². The van der Waals surface area contributed by atoms with Crippen molar-refractivity contribution < 1.29 is 14.3 Å². The molecule has 0 aliphatic carbocycles. The summed E-state index contributed by atoms with van der Waals surface area (Å²) in [6, 6.07) is 17.6. The second-order valence-corrected chi connectivity index (χ2v) is 8.04. The average Bonchev–Trinajstić information content (AvgIpc) is 3.20. The van der Waals surface area contributed by atoms with Crippen molar-refractivity contribution in [2.24, 2.45) is 0 Å². The first-order chi connectivity index (χ1) is 13.3. The lowest BCUT2D eigenvalue weighted by atomic mass is 10.2. The molecule has 0 unspecified atom stereocenters. The highest BCUT2D eigenvalue weighted by Crippen LogP contribution is 2.31. The fraction of sp³-hybridized carbons (Fsp3) is 0.200. The predicted molar refractivity (Wildman–Crippen MR) is 108 cm³/mol. The van der Waals surface area contributed by atoms with Crippen molar-refractivity contribution in [3.63, 3.8) is 0 Å². The van der Waals surface area contributed by atoms with E-state index in [2.05, 4.69) is 10.3 Å². The molecule has 1 aliphatic rings. The summed E-state index contributed by atoms with van der Waals surface area (Å²) in [5.41, 5.74) is 2.02. The monoisotopic (exact) mass is 398 g/mol. The van der Waals surface area contributed by atoms with Crippen LogP contribution in [-0.2, 0) is 4.79 Å². The van der Waals surface area contributed by atoms with E-state index in [1.54, 1.807) is 11.3 Å². The maximum atomic E-state index is 12.1. The molecular weight excluding hydrogens is 380 g/mol. The number of fused-ring (bicyclic) bond motifs is 1. The standard InChI is InChI=1S/C20H18N2O3S2/c23-19(21-10-15-11-24-17-8-4-5-9-18(17)25-15)13-27-20-22-16(12-26-20)14-6-2-1-3-7-14/h1-9,12,15H,10-11,13H2,(H,21,23)/t15-/m1/s1. The third-order valence-corrected chi connectivity index (χ3v) is 5.99. The van der Waals surface area contributed by atoms with Crippen molar-refractivity contribution >= 4 is 29.0 Å². The summed E-state index contributed by atoms with van der Waals surface area (Å²) in [7, 11) is 0. The molecule has 0 saturated heterocycles. The van der Waals surface area contributed by atoms with Gasteiger partial charge in [0.2, 0.25) is 5.91 Å². The minimum Gasteiger partial charge on any atom is -0.486 e. The Labute approximate surface area is 165 Å². The number of thioether (sulfide) groups is 1. The molecule has 0 saturated carbocycles. The van der Waals surface area contributed by atoms with Crippen molar-refractivity contribution in [2.75, 3.05) is 18.9 Å². The van der Waals surface area contributed by atoms with E-state index >= 15 is 0 Å². The second kappa shape index (κ2) is 8.45. The first kappa shape index (κ1) is 17.9. The Morgan fingerprint density at radius 3 is 2.78 bits per heavy atom. The summed E-state index contributed by atoms with van der Waals surface area (Å²) in [5, 5.41) is 4.92. The minimum absolute atomic E-state index is 0.0427. The zero-order valence-electron chi connectivity index (χ0n) is 14.5. The molecule has 138 valence electrons. The van der Waals surface area contributed by atoms with Crippen LogP contribution in [0.25, 0.3) is 11.3 Å². The van der Waals surface area contributed by atoms with Crippen LogP contribution < -0.4 is 14.8 Å². The van der Waals surface area contributed by atoms with E-state index in [-0.39, 0.29) is 12.0 Å². The Hall–Kier alpha value is -2.51. The summed E-state index contributed by atoms with van der Waals surface area (Å²) < 4.78 is 12.4. The van der Waals surface area contributed by atoms with E-state index in [1.807, 2.05) is 60.0 Å². The number of carbonyl (C=O) groups is 1. The van der Waals surface area contributed by atoms with Gasteiger partial charge < -0.3 is 14.8 Å². The number of hydrogen-bond donors (Lipinski definition) is 1. The highest BCUT2D eigenvalue weighted by atomic mass is 32.2. The molecule has 27 heavy (non-hydrogen) atoms. The van der Waals surface area contributed by atoms with Gasteiger partial charge in [0.25, 0.3) is 0 Å². The zero-order valence-corrected chi connectivity index (χ0v) is 16.1. The van der Waals surface area contributed by atoms with E-state index < -0.39 is 0 Å². The number of aromatic nitrogens is 1. The smallest absolute Gasteiger partial charge is 0.230 e. The van der Waals surface area contributed by atoms with E-state index in [4.69, 9.17) is 9.47 Å². The van der Waals surface area contributed by atoms with Crippen molar-refractivity contribution in [3.05, 3.63) is 60.0 Å². The molecule has 1 N–H and O–H groups in total. The van der Waals surface area contributed by atoms with Crippen LogP contribution in [0.5, 0.6) is 11.5 Å². The number of para-hydroxylation sites is 2. The van der Waals surface area contributed by atoms with Crippen LogP contribution in [0.1, 0.15) is 0 Å². The van der Waals surface area contributed by atoms with Gasteiger partial charge in [0, 0.05) is 10.9 Å². The summed E-state index contributed by atoms with van der Waals surface area (Å²) in [6.45, 7) is 0.845. The molecule has 1 atom stereocenters. The molecule has 0 spiro atoms. The molecule has 0 fully saturated rings. The van der Waals surface area contributed by atoms with Crippen molar-refractivity contribution in [1.29, 1.82) is 0 Å². The maximum absolute atomic E-state index is 12.1. The Kier molecular flexibility index (Phi) is 5.60. The van der Waals surface area contributed by atoms with E-state index in [0.717, 1.165) is 21.3 Å². The highest BCUT2D eigenvalue weighted by Gasteiger charge is 2.21. The van der Waals surface area contributed by atoms with Crippen LogP contribution in [0.15, 0.2) is 64.3 Å². The molecule has 4 rings (SSSR count). The molecule has 1 amide bonds. The summed E-state index contributed by atoms with van der Waals surface area (Å²) in [6.07, 6.45) is -0.182. The minimum atomic E-state index is -0.182. The number of ether oxygens (including phenoxy) is 2. The number of nitrogens with zero attached hydrogens (tertiary/aromatic N) is 1. The fourth-order valence-electron chi connectivity index (χ4n) is 2.63. The molecule has 3 aromatic rings. The van der Waals surface area contributed by atoms with Crippen molar-refractivity contribution in [2.45, 2.75) is 10.4 Å². The maximum Gasteiger partial charge on any atom is 0.230 e. The topological polar surface area (TPSA) is 60.5 Å². The van der Waals surface area contributed by atoms with Gasteiger partial charge in [-0.2, -0.15) is 0 Å². The summed E-state index contributed by atoms with van der Waals surface area (Å²) in [5.74, 6) is 1.74. The van der Waals surface area contributed by atoms with Crippen LogP contribution in [-0.4, -0.2) is 35.9 Å². The van der Waals surface area contributed by atoms with E-state index in [1.165, 1.54) is 11.8 Å². The van der Waals surface area contributed by atoms with Crippen molar-refractivity contribution in [1.82, 2.24) is 10.3 Å². The molecule has 2 heterocycles. The Bertz CT molecular complexity index is 914. The van der Waals surface area contributed by atoms with Crippen LogP contribution in [0.4, 0.5) is 0 Å². The molecular formula is C20H18N2O3S2. The Morgan fingerprint density at radius 1 is 1.15 bits per heavy atom. The number of carbonyl (C=O) groups excluding carboxylic acids is 1. The normalized spacial score (nSPS) is 15.3. The fourth-order valence-corrected chi connectivity index (χ4v) is 4.30. The lowest BCUT2D eigenvalue weighted by Crippen LogP contribution is -2.41. The van der Waals surface area contributed by atoms with Gasteiger partial charge in [-0.3, -0.25) is 4.79 Å². The predicted octanol–water partition coefficient (Wildman–Crippen LogP) is 3.86. The number of thiazole rings is 1. The van der Waals surface area contributed by atoms with Crippen LogP contribution in [0.3, 0.4) is 0 Å². The van der Waals surface area contributed by atoms with Gasteiger partial charge in [-0.15, -0.1) is 11.3 Å². The quantitative estimate of drug-likeness (QED) is 0.639. The summed E-state index contributed by atoms with van der Waals surface area (Å²) >= 11 is 2.99. The number of rotatable bonds is 6. The molecule has 0 bridgehead atoms. The molecule has 7 heteroatoms. The Morgan fingerprint density at radius 2 is 1.93 bits per heavy atom. The first-order valence-electron chi connectivity index (χ1n) is 8.57. The van der Waals surface area contributed by atoms with E-state index in [9.17, 15) is 4.79 Å². The van der Waals surface area contributed by atoms with E-state index in [0.29, 0.717) is 24.7 Å². The molecule has 5 nitrogen and oxygen atoms in total. The second-order valence-electron chi connectivity index (χ2n) is 5.96. The van der Waals surface area contributed by atoms with Gasteiger partial charge in [0.05, 0.1) is 18.0 Å². The lowest BCUT2D eigenvalue weighted by Gasteiger charge is -2.26. The third kappa shape index (κ3) is 4.61. The highest BCUT2D eigenvalue weighted by molar-refractivity contribution is 8.01. The van der Waals surface area contributed by atoms with Crippen LogP contribution in [0, 0.1) is 0 Å².